The van der Waals surface area contributed by atoms with Gasteiger partial charge in [-0.3, -0.25) is 4.79 Å². The molecule has 0 saturated carbocycles. The summed E-state index contributed by atoms with van der Waals surface area (Å²) in [7, 11) is 0. The molecule has 0 aliphatic carbocycles. The van der Waals surface area contributed by atoms with Gasteiger partial charge in [-0.25, -0.2) is 4.79 Å². The number of aromatic hydroxyl groups is 1. The molecule has 3 rings (SSSR count). The van der Waals surface area contributed by atoms with Gasteiger partial charge < -0.3 is 20.1 Å². The zero-order valence-corrected chi connectivity index (χ0v) is 13.5. The number of aromatic nitrogens is 1. The van der Waals surface area contributed by atoms with Crippen molar-refractivity contribution in [1.82, 2.24) is 9.88 Å². The molecular formula is C18H22N2Na2O4. The van der Waals surface area contributed by atoms with E-state index in [1.54, 1.807) is 22.8 Å². The molecular weight excluding hydrogens is 354 g/mol. The van der Waals surface area contributed by atoms with Crippen LogP contribution in [-0.4, -0.2) is 93.0 Å². The maximum absolute atomic E-state index is 12.2. The van der Waals surface area contributed by atoms with Crippen molar-refractivity contribution >= 4 is 65.1 Å². The van der Waals surface area contributed by atoms with E-state index in [1.807, 2.05) is 6.92 Å². The Labute approximate surface area is 196 Å². The summed E-state index contributed by atoms with van der Waals surface area (Å²) in [5, 5.41) is 22.2. The van der Waals surface area contributed by atoms with Crippen LogP contribution in [0.1, 0.15) is 40.4 Å². The van der Waals surface area contributed by atoms with Crippen LogP contribution in [0.3, 0.4) is 0 Å². The van der Waals surface area contributed by atoms with E-state index in [1.165, 1.54) is 12.3 Å². The molecule has 2 heterocycles. The van der Waals surface area contributed by atoms with Crippen molar-refractivity contribution in [2.24, 2.45) is 0 Å². The Morgan fingerprint density at radius 3 is 2.58 bits per heavy atom. The first kappa shape index (κ1) is 23.4. The molecule has 1 fully saturated rings. The summed E-state index contributed by atoms with van der Waals surface area (Å²) < 4.78 is 1.78. The summed E-state index contributed by atoms with van der Waals surface area (Å²) in [5.74, 6) is -0.947. The molecule has 8 heteroatoms. The average molecular weight is 376 g/mol. The van der Waals surface area contributed by atoms with Gasteiger partial charge in [-0.15, -0.1) is 0 Å². The molecule has 0 radical (unpaired) electrons. The first-order valence-electron chi connectivity index (χ1n) is 7.98. The van der Waals surface area contributed by atoms with E-state index in [2.05, 4.69) is 5.32 Å². The van der Waals surface area contributed by atoms with Crippen LogP contribution in [-0.2, 0) is 0 Å². The zero-order valence-electron chi connectivity index (χ0n) is 13.5. The second kappa shape index (κ2) is 10.1. The fourth-order valence-corrected chi connectivity index (χ4v) is 3.25. The normalized spacial score (nSPS) is 16.3. The van der Waals surface area contributed by atoms with Gasteiger partial charge in [0.1, 0.15) is 11.3 Å². The van der Waals surface area contributed by atoms with Crippen LogP contribution in [0.15, 0.2) is 35.3 Å². The van der Waals surface area contributed by atoms with Crippen LogP contribution in [0.4, 0.5) is 0 Å². The summed E-state index contributed by atoms with van der Waals surface area (Å²) >= 11 is 0. The number of aryl methyl sites for hydroxylation is 1. The molecule has 0 spiro atoms. The number of carboxylic acid groups (broad SMARTS) is 1. The predicted octanol–water partition coefficient (Wildman–Crippen LogP) is 0.720. The molecule has 26 heavy (non-hydrogen) atoms. The minimum atomic E-state index is -1.24. The van der Waals surface area contributed by atoms with Crippen molar-refractivity contribution in [2.75, 3.05) is 13.1 Å². The van der Waals surface area contributed by atoms with Gasteiger partial charge >= 0.3 is 65.1 Å². The molecule has 0 amide bonds. The van der Waals surface area contributed by atoms with Gasteiger partial charge in [0.15, 0.2) is 5.43 Å². The van der Waals surface area contributed by atoms with E-state index in [-0.39, 0.29) is 76.3 Å². The molecule has 0 bridgehead atoms. The van der Waals surface area contributed by atoms with E-state index in [4.69, 9.17) is 0 Å². The van der Waals surface area contributed by atoms with Crippen molar-refractivity contribution in [2.45, 2.75) is 25.7 Å². The number of hydrogen-bond acceptors (Lipinski definition) is 4. The maximum atomic E-state index is 12.2. The summed E-state index contributed by atoms with van der Waals surface area (Å²) in [6.45, 7) is 3.55. The molecule has 1 aromatic heterocycles. The Hall–Kier alpha value is -0.600. The monoisotopic (exact) mass is 376 g/mol. The van der Waals surface area contributed by atoms with Crippen molar-refractivity contribution < 1.29 is 15.0 Å². The molecule has 3 N–H and O–H groups in total. The Morgan fingerprint density at radius 2 is 2.00 bits per heavy atom. The fraction of sp³-hybridized carbons (Fsp3) is 0.333. The molecule has 1 atom stereocenters. The molecule has 1 unspecified atom stereocenters. The van der Waals surface area contributed by atoms with Crippen molar-refractivity contribution in [3.8, 4) is 11.4 Å². The number of benzene rings is 1. The summed E-state index contributed by atoms with van der Waals surface area (Å²) in [6.07, 6.45) is 3.35. The standard InChI is InChI=1S/C18H20N2O4.2Na.2H/c1-11-7-13(21)4-5-15(11)20-10-14(18(23)24)17(22)8-16(20)12-3-2-6-19-9-12;;;;/h4-5,7-8,10,12,19,21H,2-3,6,9H2,1H3,(H,23,24);;;;. The van der Waals surface area contributed by atoms with Gasteiger partial charge in [0.2, 0.25) is 0 Å². The van der Waals surface area contributed by atoms with E-state index in [0.29, 0.717) is 0 Å². The van der Waals surface area contributed by atoms with Crippen LogP contribution >= 0.6 is 0 Å². The molecule has 130 valence electrons. The number of nitrogens with one attached hydrogen (secondary N) is 1. The Bertz CT molecular complexity index is 846. The van der Waals surface area contributed by atoms with Crippen LogP contribution < -0.4 is 10.7 Å². The van der Waals surface area contributed by atoms with Crippen LogP contribution in [0.5, 0.6) is 5.75 Å². The van der Waals surface area contributed by atoms with Gasteiger partial charge in [0.25, 0.3) is 0 Å². The number of aromatic carboxylic acids is 1. The van der Waals surface area contributed by atoms with Gasteiger partial charge in [-0.1, -0.05) is 0 Å². The second-order valence-electron chi connectivity index (χ2n) is 6.17. The molecule has 2 aromatic rings. The topological polar surface area (TPSA) is 91.6 Å². The fourth-order valence-electron chi connectivity index (χ4n) is 3.25. The zero-order chi connectivity index (χ0) is 17.3. The molecule has 1 aromatic carbocycles. The van der Waals surface area contributed by atoms with E-state index in [0.717, 1.165) is 42.9 Å². The third kappa shape index (κ3) is 5.01. The molecule has 6 nitrogen and oxygen atoms in total. The van der Waals surface area contributed by atoms with E-state index < -0.39 is 11.4 Å². The van der Waals surface area contributed by atoms with Gasteiger partial charge in [-0.2, -0.15) is 0 Å². The first-order chi connectivity index (χ1) is 11.5. The number of carboxylic acids is 1. The van der Waals surface area contributed by atoms with Gasteiger partial charge in [0.05, 0.1) is 0 Å². The number of carbonyl (C=O) groups is 1. The van der Waals surface area contributed by atoms with Gasteiger partial charge in [-0.05, 0) is 50.1 Å². The number of phenols is 1. The quantitative estimate of drug-likeness (QED) is 0.687. The van der Waals surface area contributed by atoms with Crippen molar-refractivity contribution in [1.29, 1.82) is 0 Å². The third-order valence-electron chi connectivity index (χ3n) is 4.47. The minimum absolute atomic E-state index is 0. The van der Waals surface area contributed by atoms with Crippen LogP contribution in [0.2, 0.25) is 0 Å². The van der Waals surface area contributed by atoms with Crippen LogP contribution in [0.25, 0.3) is 5.69 Å². The number of hydrogen-bond donors (Lipinski definition) is 3. The predicted molar refractivity (Wildman–Crippen MR) is 105 cm³/mol. The van der Waals surface area contributed by atoms with Crippen LogP contribution in [0, 0.1) is 6.92 Å². The number of nitrogens with zero attached hydrogens (tertiary/aromatic N) is 1. The summed E-state index contributed by atoms with van der Waals surface area (Å²) in [5.41, 5.74) is 1.63. The van der Waals surface area contributed by atoms with Crippen molar-refractivity contribution in [3.05, 3.63) is 57.5 Å². The average Bonchev–Trinajstić information content (AvgIpc) is 2.55. The van der Waals surface area contributed by atoms with Crippen molar-refractivity contribution in [3.63, 3.8) is 0 Å². The number of pyridine rings is 1. The van der Waals surface area contributed by atoms with E-state index >= 15 is 0 Å². The SMILES string of the molecule is Cc1cc(O)ccc1-n1cc(C(=O)O)c(=O)cc1C1CCCNC1.[NaH].[NaH]. The second-order valence-corrected chi connectivity index (χ2v) is 6.17. The number of piperidine rings is 1. The number of phenolic OH excluding ortho intramolecular Hbond substituents is 1. The summed E-state index contributed by atoms with van der Waals surface area (Å²) in [6, 6.07) is 6.36. The third-order valence-corrected chi connectivity index (χ3v) is 4.47. The Morgan fingerprint density at radius 1 is 1.27 bits per heavy atom. The Kier molecular flexibility index (Phi) is 9.09. The van der Waals surface area contributed by atoms with E-state index in [9.17, 15) is 19.8 Å². The first-order valence-corrected chi connectivity index (χ1v) is 7.98. The number of rotatable bonds is 3. The molecule has 1 aliphatic rings. The van der Waals surface area contributed by atoms with Gasteiger partial charge in [0, 0.05) is 36.1 Å². The molecule has 1 saturated heterocycles. The molecule has 1 aliphatic heterocycles. The summed E-state index contributed by atoms with van der Waals surface area (Å²) in [4.78, 5) is 23.6. The Balaban J connectivity index is 0.00000169.